The first kappa shape index (κ1) is 11.4. The van der Waals surface area contributed by atoms with Gasteiger partial charge in [-0.15, -0.1) is 11.8 Å². The molecule has 5 heteroatoms. The van der Waals surface area contributed by atoms with Gasteiger partial charge in [-0.25, -0.2) is 4.68 Å². The maximum atomic E-state index is 5.93. The summed E-state index contributed by atoms with van der Waals surface area (Å²) >= 11 is 7.59. The molecule has 2 N–H and O–H groups in total. The van der Waals surface area contributed by atoms with Crippen molar-refractivity contribution in [2.75, 3.05) is 11.5 Å². The molecule has 0 aliphatic rings. The Morgan fingerprint density at radius 1 is 1.44 bits per heavy atom. The predicted molar refractivity (Wildman–Crippen MR) is 69.4 cm³/mol. The van der Waals surface area contributed by atoms with Gasteiger partial charge in [-0.3, -0.25) is 0 Å². The molecule has 0 aliphatic heterocycles. The fourth-order valence-corrected chi connectivity index (χ4v) is 2.23. The van der Waals surface area contributed by atoms with E-state index in [1.807, 2.05) is 30.3 Å². The summed E-state index contributed by atoms with van der Waals surface area (Å²) in [7, 11) is 0. The van der Waals surface area contributed by atoms with Crippen LogP contribution in [0.2, 0.25) is 5.02 Å². The molecule has 16 heavy (non-hydrogen) atoms. The maximum Gasteiger partial charge on any atom is 0.128 e. The molecule has 0 atom stereocenters. The number of nitrogen functional groups attached to an aromatic ring is 1. The van der Waals surface area contributed by atoms with Crippen molar-refractivity contribution in [2.24, 2.45) is 0 Å². The summed E-state index contributed by atoms with van der Waals surface area (Å²) < 4.78 is 1.70. The van der Waals surface area contributed by atoms with Crippen LogP contribution in [0.5, 0.6) is 0 Å². The van der Waals surface area contributed by atoms with Crippen LogP contribution in [0.25, 0.3) is 5.69 Å². The molecule has 1 aromatic carbocycles. The van der Waals surface area contributed by atoms with Crippen LogP contribution in [-0.4, -0.2) is 15.5 Å². The van der Waals surface area contributed by atoms with E-state index in [4.69, 9.17) is 17.3 Å². The number of nitrogens with two attached hydrogens (primary N) is 1. The molecule has 2 rings (SSSR count). The second-order valence-corrected chi connectivity index (χ2v) is 4.95. The average Bonchev–Trinajstić information content (AvgIpc) is 2.60. The Hall–Kier alpha value is -1.13. The van der Waals surface area contributed by atoms with E-state index in [-0.39, 0.29) is 0 Å². The lowest BCUT2D eigenvalue weighted by molar-refractivity contribution is 0.846. The summed E-state index contributed by atoms with van der Waals surface area (Å²) in [5.41, 5.74) is 6.78. The second kappa shape index (κ2) is 4.80. The molecule has 1 heterocycles. The summed E-state index contributed by atoms with van der Waals surface area (Å²) in [6, 6.07) is 9.34. The van der Waals surface area contributed by atoms with Crippen LogP contribution in [0.3, 0.4) is 0 Å². The summed E-state index contributed by atoms with van der Waals surface area (Å²) in [6.45, 7) is 2.08. The van der Waals surface area contributed by atoms with Crippen LogP contribution in [0.15, 0.2) is 35.4 Å². The zero-order chi connectivity index (χ0) is 11.5. The Morgan fingerprint density at radius 2 is 2.25 bits per heavy atom. The predicted octanol–water partition coefficient (Wildman–Crippen LogP) is 3.22. The molecule has 0 spiro atoms. The van der Waals surface area contributed by atoms with Gasteiger partial charge in [-0.05, 0) is 24.0 Å². The Morgan fingerprint density at radius 3 is 2.94 bits per heavy atom. The van der Waals surface area contributed by atoms with E-state index in [0.717, 1.165) is 16.5 Å². The molecule has 2 aromatic rings. The van der Waals surface area contributed by atoms with Crippen LogP contribution < -0.4 is 5.73 Å². The third-order valence-electron chi connectivity index (χ3n) is 2.06. The summed E-state index contributed by atoms with van der Waals surface area (Å²) in [5.74, 6) is 1.60. The number of hydrogen-bond acceptors (Lipinski definition) is 3. The minimum Gasteiger partial charge on any atom is -0.384 e. The number of nitrogens with zero attached hydrogens (tertiary/aromatic N) is 2. The lowest BCUT2D eigenvalue weighted by Crippen LogP contribution is -2.01. The zero-order valence-corrected chi connectivity index (χ0v) is 10.4. The molecule has 3 nitrogen and oxygen atoms in total. The lowest BCUT2D eigenvalue weighted by atomic mass is 10.3. The third kappa shape index (κ3) is 2.33. The second-order valence-electron chi connectivity index (χ2n) is 3.23. The Balaban J connectivity index is 2.40. The molecule has 1 aromatic heterocycles. The van der Waals surface area contributed by atoms with Crippen molar-refractivity contribution in [2.45, 2.75) is 11.9 Å². The molecule has 0 fully saturated rings. The first-order valence-corrected chi connectivity index (χ1v) is 6.31. The van der Waals surface area contributed by atoms with E-state index in [0.29, 0.717) is 10.8 Å². The number of thioether (sulfide) groups is 1. The Labute approximate surface area is 104 Å². The number of aromatic nitrogens is 2. The van der Waals surface area contributed by atoms with Crippen molar-refractivity contribution in [3.63, 3.8) is 0 Å². The Bertz CT molecular complexity index is 496. The average molecular weight is 254 g/mol. The van der Waals surface area contributed by atoms with Crippen molar-refractivity contribution >= 4 is 29.2 Å². The smallest absolute Gasteiger partial charge is 0.128 e. The van der Waals surface area contributed by atoms with Crippen LogP contribution in [0.4, 0.5) is 5.82 Å². The van der Waals surface area contributed by atoms with Gasteiger partial charge in [0.15, 0.2) is 0 Å². The topological polar surface area (TPSA) is 43.8 Å². The SMILES string of the molecule is CCSc1cc(N)n(-c2cccc(Cl)c2)n1. The largest absolute Gasteiger partial charge is 0.384 e. The maximum absolute atomic E-state index is 5.93. The van der Waals surface area contributed by atoms with Crippen molar-refractivity contribution in [3.8, 4) is 5.69 Å². The fourth-order valence-electron chi connectivity index (χ4n) is 1.41. The fraction of sp³-hybridized carbons (Fsp3) is 0.182. The number of rotatable bonds is 3. The van der Waals surface area contributed by atoms with E-state index in [2.05, 4.69) is 12.0 Å². The van der Waals surface area contributed by atoms with Crippen molar-refractivity contribution in [1.29, 1.82) is 0 Å². The summed E-state index contributed by atoms with van der Waals surface area (Å²) in [5, 5.41) is 6.02. The van der Waals surface area contributed by atoms with Gasteiger partial charge in [0.2, 0.25) is 0 Å². The van der Waals surface area contributed by atoms with Crippen LogP contribution in [0, 0.1) is 0 Å². The van der Waals surface area contributed by atoms with Gasteiger partial charge in [0, 0.05) is 11.1 Å². The summed E-state index contributed by atoms with van der Waals surface area (Å²) in [6.07, 6.45) is 0. The van der Waals surface area contributed by atoms with E-state index in [1.54, 1.807) is 16.4 Å². The zero-order valence-electron chi connectivity index (χ0n) is 8.85. The molecule has 0 bridgehead atoms. The number of halogens is 1. The third-order valence-corrected chi connectivity index (χ3v) is 3.08. The van der Waals surface area contributed by atoms with Crippen LogP contribution in [-0.2, 0) is 0 Å². The molecular formula is C11H12ClN3S. The number of benzene rings is 1. The highest BCUT2D eigenvalue weighted by Crippen LogP contribution is 2.23. The van der Waals surface area contributed by atoms with Crippen molar-refractivity contribution in [3.05, 3.63) is 35.4 Å². The van der Waals surface area contributed by atoms with Gasteiger partial charge >= 0.3 is 0 Å². The lowest BCUT2D eigenvalue weighted by Gasteiger charge is -2.03. The molecule has 0 amide bonds. The van der Waals surface area contributed by atoms with E-state index < -0.39 is 0 Å². The number of hydrogen-bond donors (Lipinski definition) is 1. The first-order valence-electron chi connectivity index (χ1n) is 4.95. The number of anilines is 1. The van der Waals surface area contributed by atoms with Crippen LogP contribution >= 0.6 is 23.4 Å². The Kier molecular flexibility index (Phi) is 3.41. The minimum absolute atomic E-state index is 0.623. The van der Waals surface area contributed by atoms with Crippen molar-refractivity contribution < 1.29 is 0 Å². The first-order chi connectivity index (χ1) is 7.70. The monoisotopic (exact) mass is 253 g/mol. The quantitative estimate of drug-likeness (QED) is 0.855. The van der Waals surface area contributed by atoms with Crippen molar-refractivity contribution in [1.82, 2.24) is 9.78 Å². The van der Waals surface area contributed by atoms with E-state index in [1.165, 1.54) is 0 Å². The molecule has 0 unspecified atom stereocenters. The van der Waals surface area contributed by atoms with Gasteiger partial charge in [0.1, 0.15) is 10.8 Å². The molecule has 0 saturated heterocycles. The summed E-state index contributed by atoms with van der Waals surface area (Å²) in [4.78, 5) is 0. The van der Waals surface area contributed by atoms with E-state index in [9.17, 15) is 0 Å². The van der Waals surface area contributed by atoms with Gasteiger partial charge in [-0.1, -0.05) is 24.6 Å². The van der Waals surface area contributed by atoms with E-state index >= 15 is 0 Å². The molecule has 0 radical (unpaired) electrons. The van der Waals surface area contributed by atoms with Gasteiger partial charge in [-0.2, -0.15) is 5.10 Å². The van der Waals surface area contributed by atoms with Gasteiger partial charge < -0.3 is 5.73 Å². The minimum atomic E-state index is 0.623. The highest BCUT2D eigenvalue weighted by Gasteiger charge is 2.06. The molecular weight excluding hydrogens is 242 g/mol. The van der Waals surface area contributed by atoms with Crippen LogP contribution in [0.1, 0.15) is 6.92 Å². The standard InChI is InChI=1S/C11H12ClN3S/c1-2-16-11-7-10(13)15(14-11)9-5-3-4-8(12)6-9/h3-7H,2,13H2,1H3. The van der Waals surface area contributed by atoms with Gasteiger partial charge in [0.05, 0.1) is 5.69 Å². The molecule has 0 aliphatic carbocycles. The normalized spacial score (nSPS) is 10.6. The highest BCUT2D eigenvalue weighted by atomic mass is 35.5. The molecule has 0 saturated carbocycles. The van der Waals surface area contributed by atoms with Gasteiger partial charge in [0.25, 0.3) is 0 Å². The highest BCUT2D eigenvalue weighted by molar-refractivity contribution is 7.99. The molecule has 84 valence electrons.